The van der Waals surface area contributed by atoms with Crippen LogP contribution in [0.2, 0.25) is 0 Å². The number of rotatable bonds is 15. The Labute approximate surface area is 177 Å². The highest BCUT2D eigenvalue weighted by atomic mass is 16.5. The molecule has 29 heavy (non-hydrogen) atoms. The Morgan fingerprint density at radius 3 is 2.38 bits per heavy atom. The molecule has 0 unspecified atom stereocenters. The molecule has 0 heterocycles. The summed E-state index contributed by atoms with van der Waals surface area (Å²) in [5.74, 6) is 4.93. The average Bonchev–Trinajstić information content (AvgIpc) is 2.73. The number of hydrogen-bond acceptors (Lipinski definition) is 3. The number of carbonyl (C=O) groups excluding carboxylic acids is 1. The van der Waals surface area contributed by atoms with Gasteiger partial charge in [-0.05, 0) is 57.6 Å². The zero-order chi connectivity index (χ0) is 21.0. The molecule has 0 aliphatic heterocycles. The Bertz CT molecular complexity index is 667. The number of hydrogen-bond donors (Lipinski definition) is 1. The highest BCUT2D eigenvalue weighted by Crippen LogP contribution is 2.14. The van der Waals surface area contributed by atoms with Crippen molar-refractivity contribution in [2.75, 3.05) is 18.5 Å². The molecule has 0 aliphatic rings. The van der Waals surface area contributed by atoms with Gasteiger partial charge in [0.25, 0.3) is 0 Å². The van der Waals surface area contributed by atoms with E-state index in [0.717, 1.165) is 37.1 Å². The molecule has 1 N–H and O–H groups in total. The fourth-order valence-electron chi connectivity index (χ4n) is 2.97. The van der Waals surface area contributed by atoms with Crippen LogP contribution in [0.25, 0.3) is 0 Å². The summed E-state index contributed by atoms with van der Waals surface area (Å²) < 4.78 is 4.85. The van der Waals surface area contributed by atoms with Gasteiger partial charge >= 0.3 is 5.97 Å². The largest absolute Gasteiger partial charge is 0.456 e. The van der Waals surface area contributed by atoms with E-state index in [1.807, 2.05) is 30.3 Å². The molecule has 0 fully saturated rings. The van der Waals surface area contributed by atoms with E-state index in [0.29, 0.717) is 6.61 Å². The van der Waals surface area contributed by atoms with E-state index in [1.54, 1.807) is 6.92 Å². The number of allylic oxidation sites excluding steroid dienone is 3. The van der Waals surface area contributed by atoms with Crippen molar-refractivity contribution < 1.29 is 9.53 Å². The van der Waals surface area contributed by atoms with Crippen LogP contribution < -0.4 is 5.32 Å². The molecule has 1 rings (SSSR count). The second-order valence-corrected chi connectivity index (χ2v) is 7.04. The van der Waals surface area contributed by atoms with Crippen LogP contribution in [0.3, 0.4) is 0 Å². The minimum absolute atomic E-state index is 0.344. The highest BCUT2D eigenvalue weighted by Gasteiger charge is 1.99. The van der Waals surface area contributed by atoms with Crippen molar-refractivity contribution in [2.24, 2.45) is 0 Å². The van der Waals surface area contributed by atoms with Crippen LogP contribution in [-0.2, 0) is 9.53 Å². The molecule has 0 radical (unpaired) electrons. The van der Waals surface area contributed by atoms with Gasteiger partial charge in [0.15, 0.2) is 0 Å². The second kappa shape index (κ2) is 17.6. The Kier molecular flexibility index (Phi) is 14.9. The quantitative estimate of drug-likeness (QED) is 0.156. The van der Waals surface area contributed by atoms with E-state index in [2.05, 4.69) is 35.9 Å². The van der Waals surface area contributed by atoms with Crippen LogP contribution in [0.15, 0.2) is 49.1 Å². The van der Waals surface area contributed by atoms with E-state index >= 15 is 0 Å². The van der Waals surface area contributed by atoms with E-state index in [9.17, 15) is 4.79 Å². The van der Waals surface area contributed by atoms with Crippen molar-refractivity contribution in [1.82, 2.24) is 0 Å². The summed E-state index contributed by atoms with van der Waals surface area (Å²) in [4.78, 5) is 11.4. The normalized spacial score (nSPS) is 10.4. The van der Waals surface area contributed by atoms with Crippen LogP contribution in [0.1, 0.15) is 76.7 Å². The topological polar surface area (TPSA) is 38.3 Å². The van der Waals surface area contributed by atoms with Crippen molar-refractivity contribution in [1.29, 1.82) is 0 Å². The van der Waals surface area contributed by atoms with Gasteiger partial charge in [0.1, 0.15) is 0 Å². The predicted molar refractivity (Wildman–Crippen MR) is 124 cm³/mol. The Morgan fingerprint density at radius 2 is 1.66 bits per heavy atom. The first kappa shape index (κ1) is 24.6. The molecule has 0 saturated heterocycles. The molecule has 0 spiro atoms. The number of esters is 1. The highest BCUT2D eigenvalue weighted by molar-refractivity contribution is 5.89. The first-order chi connectivity index (χ1) is 14.3. The third kappa shape index (κ3) is 13.4. The number of unbranched alkanes of at least 4 members (excludes halogenated alkanes) is 8. The number of anilines is 1. The lowest BCUT2D eigenvalue weighted by Gasteiger charge is -2.07. The van der Waals surface area contributed by atoms with Crippen LogP contribution >= 0.6 is 0 Å². The zero-order valence-corrected chi connectivity index (χ0v) is 18.1. The maximum Gasteiger partial charge on any atom is 0.384 e. The number of carbonyl (C=O) groups is 1. The second-order valence-electron chi connectivity index (χ2n) is 7.04. The molecule has 0 amide bonds. The molecule has 3 heteroatoms. The maximum absolute atomic E-state index is 11.4. The molecule has 1 aromatic rings. The lowest BCUT2D eigenvalue weighted by molar-refractivity contribution is -0.136. The van der Waals surface area contributed by atoms with Gasteiger partial charge in [0.2, 0.25) is 0 Å². The lowest BCUT2D eigenvalue weighted by Crippen LogP contribution is -2.03. The number of benzene rings is 1. The summed E-state index contributed by atoms with van der Waals surface area (Å²) in [7, 11) is 0. The molecule has 0 saturated carbocycles. The van der Waals surface area contributed by atoms with Crippen molar-refractivity contribution >= 4 is 11.7 Å². The number of ether oxygens (including phenoxy) is 1. The van der Waals surface area contributed by atoms with Crippen LogP contribution in [-0.4, -0.2) is 19.1 Å². The van der Waals surface area contributed by atoms with Crippen molar-refractivity contribution in [3.63, 3.8) is 0 Å². The molecule has 1 aromatic carbocycles. The molecular formula is C26H37NO2. The number of nitrogens with one attached hydrogen (secondary N) is 1. The van der Waals surface area contributed by atoms with Crippen molar-refractivity contribution in [3.8, 4) is 11.8 Å². The summed E-state index contributed by atoms with van der Waals surface area (Å²) >= 11 is 0. The first-order valence-electron chi connectivity index (χ1n) is 11.1. The monoisotopic (exact) mass is 395 g/mol. The molecule has 0 atom stereocenters. The predicted octanol–water partition coefficient (Wildman–Crippen LogP) is 6.66. The third-order valence-corrected chi connectivity index (χ3v) is 4.56. The lowest BCUT2D eigenvalue weighted by atomic mass is 10.1. The third-order valence-electron chi connectivity index (χ3n) is 4.56. The van der Waals surface area contributed by atoms with E-state index in [1.165, 1.54) is 44.9 Å². The molecule has 158 valence electrons. The number of para-hydroxylation sites is 1. The minimum atomic E-state index is -0.486. The minimum Gasteiger partial charge on any atom is -0.456 e. The van der Waals surface area contributed by atoms with Crippen molar-refractivity contribution in [3.05, 3.63) is 54.6 Å². The van der Waals surface area contributed by atoms with Crippen LogP contribution in [0.4, 0.5) is 5.69 Å². The maximum atomic E-state index is 11.4. The first-order valence-corrected chi connectivity index (χ1v) is 11.1. The summed E-state index contributed by atoms with van der Waals surface area (Å²) in [6, 6.07) is 7.79. The van der Waals surface area contributed by atoms with E-state index in [4.69, 9.17) is 4.74 Å². The average molecular weight is 396 g/mol. The fourth-order valence-corrected chi connectivity index (χ4v) is 2.97. The summed E-state index contributed by atoms with van der Waals surface area (Å²) in [6.07, 6.45) is 19.1. The fraction of sp³-hybridized carbons (Fsp3) is 0.500. The molecule has 0 aromatic heterocycles. The molecule has 3 nitrogen and oxygen atoms in total. The van der Waals surface area contributed by atoms with Gasteiger partial charge in [-0.2, -0.15) is 0 Å². The van der Waals surface area contributed by atoms with Gasteiger partial charge in [-0.1, -0.05) is 62.0 Å². The van der Waals surface area contributed by atoms with Crippen LogP contribution in [0, 0.1) is 11.8 Å². The molecular weight excluding hydrogens is 358 g/mol. The van der Waals surface area contributed by atoms with Gasteiger partial charge < -0.3 is 10.1 Å². The van der Waals surface area contributed by atoms with Gasteiger partial charge in [-0.25, -0.2) is 4.79 Å². The van der Waals surface area contributed by atoms with Gasteiger partial charge in [0, 0.05) is 23.7 Å². The molecule has 0 aliphatic carbocycles. The van der Waals surface area contributed by atoms with Gasteiger partial charge in [0.05, 0.1) is 6.61 Å². The Balaban J connectivity index is 2.14. The summed E-state index contributed by atoms with van der Waals surface area (Å²) in [6.45, 7) is 6.76. The van der Waals surface area contributed by atoms with Gasteiger partial charge in [-0.15, -0.1) is 6.58 Å². The van der Waals surface area contributed by atoms with E-state index in [-0.39, 0.29) is 0 Å². The molecule has 0 bridgehead atoms. The summed E-state index contributed by atoms with van der Waals surface area (Å²) in [5, 5.41) is 3.41. The smallest absolute Gasteiger partial charge is 0.384 e. The van der Waals surface area contributed by atoms with Crippen molar-refractivity contribution in [2.45, 2.75) is 71.1 Å². The Morgan fingerprint density at radius 1 is 1.00 bits per heavy atom. The van der Waals surface area contributed by atoms with Gasteiger partial charge in [-0.3, -0.25) is 0 Å². The Hall–Kier alpha value is -2.47. The standard InChI is InChI=1S/C26H37NO2/c1-3-5-6-7-8-9-10-11-12-13-14-15-18-23-27-25-20-17-16-19-24(25)21-22-26(28)29-4-2/h3,13-14,16-17,19-20,27H,1,4-12,15,18,23H2,2H3. The summed E-state index contributed by atoms with van der Waals surface area (Å²) in [5.41, 5.74) is 1.78. The zero-order valence-electron chi connectivity index (χ0n) is 18.1. The van der Waals surface area contributed by atoms with E-state index < -0.39 is 5.97 Å². The SMILES string of the molecule is C=CCCCCCCCCC=CCCCNc1ccccc1C#CC(=O)OCC. The van der Waals surface area contributed by atoms with Crippen LogP contribution in [0.5, 0.6) is 0 Å².